The Bertz CT molecular complexity index is 2450. The summed E-state index contributed by atoms with van der Waals surface area (Å²) in [6, 6.07) is 12.0. The molecule has 8 amide bonds. The van der Waals surface area contributed by atoms with Crippen LogP contribution in [0.2, 0.25) is 15.1 Å². The lowest BCUT2D eigenvalue weighted by Gasteiger charge is -2.35. The quantitative estimate of drug-likeness (QED) is 0.121. The summed E-state index contributed by atoms with van der Waals surface area (Å²) in [6.07, 6.45) is 3.92. The van der Waals surface area contributed by atoms with Crippen molar-refractivity contribution >= 4 is 87.7 Å². The third-order valence-corrected chi connectivity index (χ3v) is 12.6. The lowest BCUT2D eigenvalue weighted by molar-refractivity contribution is -0.136. The molecule has 342 valence electrons. The van der Waals surface area contributed by atoms with Gasteiger partial charge in [0.2, 0.25) is 29.5 Å². The number of halogens is 3. The van der Waals surface area contributed by atoms with E-state index in [1.165, 1.54) is 25.3 Å². The van der Waals surface area contributed by atoms with Crippen LogP contribution in [0.3, 0.4) is 0 Å². The summed E-state index contributed by atoms with van der Waals surface area (Å²) in [5.74, 6) is -3.06. The molecule has 4 aliphatic rings. The van der Waals surface area contributed by atoms with E-state index >= 15 is 0 Å². The van der Waals surface area contributed by atoms with Gasteiger partial charge in [-0.25, -0.2) is 0 Å². The van der Waals surface area contributed by atoms with E-state index in [-0.39, 0.29) is 85.9 Å². The van der Waals surface area contributed by atoms with Crippen LogP contribution >= 0.6 is 34.8 Å². The number of unbranched alkanes of at least 4 members (excludes halogenated alkanes) is 1. The van der Waals surface area contributed by atoms with Crippen molar-refractivity contribution in [2.24, 2.45) is 0 Å². The highest BCUT2D eigenvalue weighted by Crippen LogP contribution is 2.39. The van der Waals surface area contributed by atoms with Crippen molar-refractivity contribution in [1.29, 1.82) is 0 Å². The molecule has 0 saturated carbocycles. The van der Waals surface area contributed by atoms with Gasteiger partial charge in [0.15, 0.2) is 0 Å². The standard InChI is InChI=1S/C45H47Cl3N8O9/c1-65-36-25-33(48)30(29-23-27(46)7-8-32(29)47)24-31(36)43(62)55-21-19-54(20-22-55)40(60)12-11-39(59)53-17-15-52(16-18-53)26-38(58)50-14-3-2-13-49-34-6-4-5-28-41(34)45(64)56(44(28)63)35-9-10-37(57)51-42(35)61/h4-8,11-12,23-25,35,49H,2-3,9-10,13-22,26H2,1H3,(H,50,58)(H,51,57,61)/b12-11+. The van der Waals surface area contributed by atoms with Gasteiger partial charge in [-0.05, 0) is 55.7 Å². The molecule has 0 aliphatic carbocycles. The molecule has 3 saturated heterocycles. The van der Waals surface area contributed by atoms with Gasteiger partial charge in [0.05, 0.1) is 35.4 Å². The number of piperidine rings is 1. The number of piperazine rings is 2. The Kier molecular flexibility index (Phi) is 15.1. The Morgan fingerprint density at radius 3 is 2.08 bits per heavy atom. The smallest absolute Gasteiger partial charge is 0.264 e. The average molecular weight is 950 g/mol. The summed E-state index contributed by atoms with van der Waals surface area (Å²) in [5.41, 5.74) is 2.23. The normalized spacial score (nSPS) is 17.9. The molecular formula is C45H47Cl3N8O9. The molecule has 0 aromatic heterocycles. The zero-order valence-electron chi connectivity index (χ0n) is 35.5. The highest BCUT2D eigenvalue weighted by atomic mass is 35.5. The topological polar surface area (TPSA) is 198 Å². The van der Waals surface area contributed by atoms with E-state index < -0.39 is 29.7 Å². The van der Waals surface area contributed by atoms with E-state index in [0.717, 1.165) is 4.90 Å². The number of anilines is 1. The molecule has 3 fully saturated rings. The number of nitrogens with zero attached hydrogens (tertiary/aromatic N) is 5. The summed E-state index contributed by atoms with van der Waals surface area (Å²) < 4.78 is 5.49. The number of benzene rings is 3. The predicted octanol–water partition coefficient (Wildman–Crippen LogP) is 3.72. The Hall–Kier alpha value is -6.01. The van der Waals surface area contributed by atoms with Gasteiger partial charge in [-0.3, -0.25) is 53.5 Å². The van der Waals surface area contributed by atoms with Crippen LogP contribution in [0.15, 0.2) is 60.7 Å². The van der Waals surface area contributed by atoms with Gasteiger partial charge in [-0.2, -0.15) is 0 Å². The SMILES string of the molecule is COc1cc(Cl)c(-c2cc(Cl)ccc2Cl)cc1C(=O)N1CCN(C(=O)/C=C/C(=O)N2CCN(CC(=O)NCCCCNc3cccc4c3C(=O)N(C3CCC(=O)NC3=O)C4=O)CC2)CC1. The molecule has 4 aliphatic heterocycles. The number of carbonyl (C=O) groups is 8. The fraction of sp³-hybridized carbons (Fsp3) is 0.378. The second-order valence-corrected chi connectivity index (χ2v) is 17.1. The van der Waals surface area contributed by atoms with Crippen molar-refractivity contribution in [2.75, 3.05) is 84.4 Å². The number of hydrogen-bond donors (Lipinski definition) is 3. The number of methoxy groups -OCH3 is 1. The number of imide groups is 2. The molecule has 0 radical (unpaired) electrons. The number of fused-ring (bicyclic) bond motifs is 1. The van der Waals surface area contributed by atoms with Crippen molar-refractivity contribution < 1.29 is 43.1 Å². The maximum absolute atomic E-state index is 13.7. The third-order valence-electron chi connectivity index (χ3n) is 11.7. The zero-order valence-corrected chi connectivity index (χ0v) is 37.8. The van der Waals surface area contributed by atoms with Gasteiger partial charge in [-0.15, -0.1) is 0 Å². The molecular weight excluding hydrogens is 903 g/mol. The number of hydrogen-bond acceptors (Lipinski definition) is 11. The maximum Gasteiger partial charge on any atom is 0.264 e. The molecule has 0 bridgehead atoms. The van der Waals surface area contributed by atoms with Gasteiger partial charge in [-0.1, -0.05) is 40.9 Å². The summed E-state index contributed by atoms with van der Waals surface area (Å²) in [5, 5.41) is 9.52. The van der Waals surface area contributed by atoms with Gasteiger partial charge in [0, 0.05) is 117 Å². The van der Waals surface area contributed by atoms with Gasteiger partial charge in [0.25, 0.3) is 17.7 Å². The van der Waals surface area contributed by atoms with Crippen LogP contribution in [0.4, 0.5) is 5.69 Å². The zero-order chi connectivity index (χ0) is 46.4. The number of amides is 8. The number of rotatable bonds is 14. The first-order chi connectivity index (χ1) is 31.2. The van der Waals surface area contributed by atoms with E-state index in [9.17, 15) is 38.4 Å². The van der Waals surface area contributed by atoms with Crippen molar-refractivity contribution in [3.63, 3.8) is 0 Å². The largest absolute Gasteiger partial charge is 0.496 e. The van der Waals surface area contributed by atoms with Crippen LogP contribution < -0.4 is 20.7 Å². The number of carbonyl (C=O) groups excluding carboxylic acids is 8. The van der Waals surface area contributed by atoms with Gasteiger partial charge >= 0.3 is 0 Å². The Labute approximate surface area is 389 Å². The number of ether oxygens (including phenoxy) is 1. The van der Waals surface area contributed by atoms with Crippen molar-refractivity contribution in [2.45, 2.75) is 31.7 Å². The summed E-state index contributed by atoms with van der Waals surface area (Å²) in [7, 11) is 1.45. The highest BCUT2D eigenvalue weighted by Gasteiger charge is 2.45. The maximum atomic E-state index is 13.7. The third kappa shape index (κ3) is 10.8. The van der Waals surface area contributed by atoms with E-state index in [1.54, 1.807) is 57.2 Å². The van der Waals surface area contributed by atoms with Crippen molar-refractivity contribution in [3.8, 4) is 16.9 Å². The Balaban J connectivity index is 0.789. The second-order valence-electron chi connectivity index (χ2n) is 15.9. The summed E-state index contributed by atoms with van der Waals surface area (Å²) in [6.45, 7) is 3.85. The van der Waals surface area contributed by atoms with Crippen LogP contribution in [0, 0.1) is 0 Å². The van der Waals surface area contributed by atoms with E-state index in [4.69, 9.17) is 39.5 Å². The minimum Gasteiger partial charge on any atom is -0.496 e. The molecule has 3 aromatic carbocycles. The van der Waals surface area contributed by atoms with Crippen LogP contribution in [0.5, 0.6) is 5.75 Å². The van der Waals surface area contributed by atoms with E-state index in [2.05, 4.69) is 16.0 Å². The molecule has 7 rings (SSSR count). The Morgan fingerprint density at radius 2 is 1.40 bits per heavy atom. The van der Waals surface area contributed by atoms with Crippen LogP contribution in [-0.2, 0) is 24.0 Å². The molecule has 3 N–H and O–H groups in total. The molecule has 20 heteroatoms. The first-order valence-electron chi connectivity index (χ1n) is 21.2. The predicted molar refractivity (Wildman–Crippen MR) is 242 cm³/mol. The summed E-state index contributed by atoms with van der Waals surface area (Å²) in [4.78, 5) is 111. The van der Waals surface area contributed by atoms with Gasteiger partial charge in [0.1, 0.15) is 11.8 Å². The summed E-state index contributed by atoms with van der Waals surface area (Å²) >= 11 is 19.2. The first-order valence-corrected chi connectivity index (χ1v) is 22.3. The molecule has 1 atom stereocenters. The fourth-order valence-electron chi connectivity index (χ4n) is 8.20. The van der Waals surface area contributed by atoms with Gasteiger partial charge < -0.3 is 30.1 Å². The monoisotopic (exact) mass is 948 g/mol. The van der Waals surface area contributed by atoms with E-state index in [1.807, 2.05) is 4.90 Å². The molecule has 3 aromatic rings. The fourth-order valence-corrected chi connectivity index (χ4v) is 8.85. The van der Waals surface area contributed by atoms with Crippen LogP contribution in [0.1, 0.15) is 56.8 Å². The Morgan fingerprint density at radius 1 is 0.754 bits per heavy atom. The van der Waals surface area contributed by atoms with Crippen LogP contribution in [0.25, 0.3) is 11.1 Å². The van der Waals surface area contributed by atoms with Crippen molar-refractivity contribution in [3.05, 3.63) is 92.4 Å². The lowest BCUT2D eigenvalue weighted by Crippen LogP contribution is -2.54. The molecule has 1 unspecified atom stereocenters. The number of nitrogens with one attached hydrogen (secondary N) is 3. The average Bonchev–Trinajstić information content (AvgIpc) is 3.55. The van der Waals surface area contributed by atoms with Crippen LogP contribution in [-0.4, -0.2) is 157 Å². The highest BCUT2D eigenvalue weighted by molar-refractivity contribution is 6.38. The molecule has 4 heterocycles. The first kappa shape index (κ1) is 47.0. The van der Waals surface area contributed by atoms with Crippen molar-refractivity contribution in [1.82, 2.24) is 35.1 Å². The van der Waals surface area contributed by atoms with E-state index in [0.29, 0.717) is 89.7 Å². The molecule has 65 heavy (non-hydrogen) atoms. The molecule has 17 nitrogen and oxygen atoms in total. The second kappa shape index (κ2) is 20.9. The molecule has 0 spiro atoms. The minimum absolute atomic E-state index is 0.0393. The lowest BCUT2D eigenvalue weighted by atomic mass is 10.0. The minimum atomic E-state index is -1.04.